The molecule has 0 aromatic heterocycles. The summed E-state index contributed by atoms with van der Waals surface area (Å²) < 4.78 is 9.81. The molecule has 4 heteroatoms. The highest BCUT2D eigenvalue weighted by Gasteiger charge is 2.10. The molecule has 0 unspecified atom stereocenters. The Morgan fingerprint density at radius 3 is 2.42 bits per heavy atom. The number of hydrogen-bond donors (Lipinski definition) is 0. The van der Waals surface area contributed by atoms with Crippen LogP contribution in [0, 0.1) is 11.8 Å². The van der Waals surface area contributed by atoms with Gasteiger partial charge in [0.25, 0.3) is 0 Å². The summed E-state index contributed by atoms with van der Waals surface area (Å²) in [7, 11) is 1.98. The van der Waals surface area contributed by atoms with Crippen molar-refractivity contribution < 1.29 is 13.8 Å². The van der Waals surface area contributed by atoms with Crippen LogP contribution in [0.15, 0.2) is 0 Å². The van der Waals surface area contributed by atoms with Crippen LogP contribution < -0.4 is 0 Å². The van der Waals surface area contributed by atoms with E-state index in [9.17, 15) is 4.79 Å². The third kappa shape index (κ3) is 5.26. The third-order valence-corrected chi connectivity index (χ3v) is 2.44. The first kappa shape index (κ1) is 11.6. The highest BCUT2D eigenvalue weighted by Crippen LogP contribution is 2.35. The standard InChI is InChI=1S/C8H13O3P/c1-4-5-6-8(9)7-12(10-2)11-3/h4,7H2,1-3H3. The molecule has 0 amide bonds. The number of carbonyl (C=O) groups excluding carboxylic acids is 1. The summed E-state index contributed by atoms with van der Waals surface area (Å²) in [6, 6.07) is 0. The Labute approximate surface area is 74.4 Å². The molecule has 0 aromatic rings. The van der Waals surface area contributed by atoms with Crippen molar-refractivity contribution in [1.29, 1.82) is 0 Å². The van der Waals surface area contributed by atoms with E-state index in [4.69, 9.17) is 9.05 Å². The Hall–Kier alpha value is -0.420. The summed E-state index contributed by atoms with van der Waals surface area (Å²) >= 11 is 0. The molecule has 0 heterocycles. The largest absolute Gasteiger partial charge is 0.337 e. The molecule has 12 heavy (non-hydrogen) atoms. The summed E-state index contributed by atoms with van der Waals surface area (Å²) in [6.07, 6.45) is 0.957. The van der Waals surface area contributed by atoms with Gasteiger partial charge in [0.1, 0.15) is 0 Å². The average molecular weight is 188 g/mol. The Bertz CT molecular complexity index is 188. The van der Waals surface area contributed by atoms with Crippen molar-refractivity contribution >= 4 is 14.2 Å². The predicted molar refractivity (Wildman–Crippen MR) is 48.9 cm³/mol. The van der Waals surface area contributed by atoms with Crippen LogP contribution in [0.5, 0.6) is 0 Å². The molecule has 0 aliphatic carbocycles. The lowest BCUT2D eigenvalue weighted by Gasteiger charge is -2.08. The molecule has 0 bridgehead atoms. The SMILES string of the molecule is CCC#CC(=O)CP(OC)OC. The van der Waals surface area contributed by atoms with Crippen molar-refractivity contribution in [2.45, 2.75) is 13.3 Å². The van der Waals surface area contributed by atoms with Crippen molar-refractivity contribution in [3.05, 3.63) is 0 Å². The van der Waals surface area contributed by atoms with Crippen molar-refractivity contribution in [3.8, 4) is 11.8 Å². The van der Waals surface area contributed by atoms with Crippen LogP contribution >= 0.6 is 8.38 Å². The number of ketones is 1. The summed E-state index contributed by atoms with van der Waals surface area (Å²) in [5.74, 6) is 5.08. The van der Waals surface area contributed by atoms with E-state index < -0.39 is 8.38 Å². The Morgan fingerprint density at radius 2 is 2.00 bits per heavy atom. The first-order valence-electron chi connectivity index (χ1n) is 3.62. The number of carbonyl (C=O) groups is 1. The van der Waals surface area contributed by atoms with Crippen LogP contribution in [0.25, 0.3) is 0 Å². The molecule has 0 aliphatic heterocycles. The maximum absolute atomic E-state index is 11.0. The molecule has 0 aromatic carbocycles. The summed E-state index contributed by atoms with van der Waals surface area (Å²) in [5.41, 5.74) is 0. The minimum absolute atomic E-state index is 0.119. The van der Waals surface area contributed by atoms with Gasteiger partial charge in [-0.2, -0.15) is 0 Å². The van der Waals surface area contributed by atoms with Gasteiger partial charge in [-0.25, -0.2) is 0 Å². The quantitative estimate of drug-likeness (QED) is 0.381. The second-order valence-corrected chi connectivity index (χ2v) is 3.65. The molecule has 0 atom stereocenters. The van der Waals surface area contributed by atoms with Gasteiger partial charge in [-0.15, -0.1) is 0 Å². The fraction of sp³-hybridized carbons (Fsp3) is 0.625. The van der Waals surface area contributed by atoms with Gasteiger partial charge >= 0.3 is 0 Å². The summed E-state index contributed by atoms with van der Waals surface area (Å²) in [6.45, 7) is 1.90. The van der Waals surface area contributed by atoms with Gasteiger partial charge in [-0.05, 0) is 5.92 Å². The molecule has 0 spiro atoms. The van der Waals surface area contributed by atoms with Gasteiger partial charge in [0.15, 0.2) is 8.38 Å². The monoisotopic (exact) mass is 188 g/mol. The fourth-order valence-electron chi connectivity index (χ4n) is 0.547. The molecule has 0 saturated carbocycles. The normalized spacial score (nSPS) is 9.33. The number of rotatable bonds is 4. The van der Waals surface area contributed by atoms with E-state index in [0.717, 1.165) is 0 Å². The Kier molecular flexibility index (Phi) is 6.99. The highest BCUT2D eigenvalue weighted by molar-refractivity contribution is 7.48. The van der Waals surface area contributed by atoms with Crippen LogP contribution in [0.3, 0.4) is 0 Å². The van der Waals surface area contributed by atoms with Crippen LogP contribution in [-0.2, 0) is 13.8 Å². The second-order valence-electron chi connectivity index (χ2n) is 1.93. The minimum atomic E-state index is -1.06. The van der Waals surface area contributed by atoms with E-state index >= 15 is 0 Å². The lowest BCUT2D eigenvalue weighted by Crippen LogP contribution is -2.01. The van der Waals surface area contributed by atoms with Gasteiger partial charge in [0, 0.05) is 20.6 Å². The van der Waals surface area contributed by atoms with Crippen LogP contribution in [0.4, 0.5) is 0 Å². The molecule has 68 valence electrons. The summed E-state index contributed by atoms with van der Waals surface area (Å²) in [5, 5.41) is 0. The zero-order valence-electron chi connectivity index (χ0n) is 7.59. The molecule has 0 aliphatic rings. The van der Waals surface area contributed by atoms with Gasteiger partial charge in [0.2, 0.25) is 5.78 Å². The first-order chi connectivity index (χ1) is 5.74. The lowest BCUT2D eigenvalue weighted by molar-refractivity contribution is -0.111. The lowest BCUT2D eigenvalue weighted by atomic mass is 10.4. The predicted octanol–water partition coefficient (Wildman–Crippen LogP) is 1.57. The van der Waals surface area contributed by atoms with Crippen molar-refractivity contribution in [2.24, 2.45) is 0 Å². The molecule has 0 N–H and O–H groups in total. The molecule has 0 saturated heterocycles. The van der Waals surface area contributed by atoms with Crippen LogP contribution in [0.2, 0.25) is 0 Å². The molecular formula is C8H13O3P. The Balaban J connectivity index is 3.82. The zero-order valence-corrected chi connectivity index (χ0v) is 8.48. The molecule has 0 radical (unpaired) electrons. The number of hydrogen-bond acceptors (Lipinski definition) is 3. The molecule has 3 nitrogen and oxygen atoms in total. The van der Waals surface area contributed by atoms with E-state index in [-0.39, 0.29) is 11.9 Å². The first-order valence-corrected chi connectivity index (χ1v) is 4.98. The topological polar surface area (TPSA) is 35.5 Å². The smallest absolute Gasteiger partial charge is 0.214 e. The molecular weight excluding hydrogens is 175 g/mol. The highest BCUT2D eigenvalue weighted by atomic mass is 31.2. The van der Waals surface area contributed by atoms with Crippen molar-refractivity contribution in [3.63, 3.8) is 0 Å². The van der Waals surface area contributed by atoms with E-state index in [1.54, 1.807) is 0 Å². The summed E-state index contributed by atoms with van der Waals surface area (Å²) in [4.78, 5) is 11.0. The van der Waals surface area contributed by atoms with Gasteiger partial charge < -0.3 is 9.05 Å². The van der Waals surface area contributed by atoms with Gasteiger partial charge in [-0.3, -0.25) is 4.79 Å². The van der Waals surface area contributed by atoms with Gasteiger partial charge in [-0.1, -0.05) is 12.8 Å². The Morgan fingerprint density at radius 1 is 1.42 bits per heavy atom. The van der Waals surface area contributed by atoms with Crippen LogP contribution in [-0.4, -0.2) is 26.2 Å². The molecule has 0 fully saturated rings. The third-order valence-electron chi connectivity index (χ3n) is 1.08. The maximum atomic E-state index is 11.0. The van der Waals surface area contributed by atoms with Gasteiger partial charge in [0.05, 0.1) is 6.16 Å². The average Bonchev–Trinajstić information content (AvgIpc) is 2.10. The fourth-order valence-corrected chi connectivity index (χ4v) is 1.27. The van der Waals surface area contributed by atoms with E-state index in [1.165, 1.54) is 14.2 Å². The minimum Gasteiger partial charge on any atom is -0.337 e. The zero-order chi connectivity index (χ0) is 9.40. The van der Waals surface area contributed by atoms with E-state index in [2.05, 4.69) is 11.8 Å². The maximum Gasteiger partial charge on any atom is 0.214 e. The second kappa shape index (κ2) is 7.24. The number of Topliss-reactive ketones (excluding diaryl/α,β-unsaturated/α-hetero) is 1. The van der Waals surface area contributed by atoms with E-state index in [0.29, 0.717) is 6.42 Å². The molecule has 0 rings (SSSR count). The van der Waals surface area contributed by atoms with Crippen molar-refractivity contribution in [2.75, 3.05) is 20.4 Å². The van der Waals surface area contributed by atoms with Crippen molar-refractivity contribution in [1.82, 2.24) is 0 Å². The van der Waals surface area contributed by atoms with E-state index in [1.807, 2.05) is 6.92 Å². The van der Waals surface area contributed by atoms with Crippen LogP contribution in [0.1, 0.15) is 13.3 Å².